The van der Waals surface area contributed by atoms with Gasteiger partial charge in [-0.25, -0.2) is 0 Å². The molecule has 14 heavy (non-hydrogen) atoms. The standard InChI is InChI=1S/C11H15Cl2N/c1-8-5-10(3-4-11(8)13)7-14-6-9(2)12/h3-5,9,14H,6-7H2,1-2H3. The third-order valence-electron chi connectivity index (χ3n) is 1.98. The van der Waals surface area contributed by atoms with Crippen molar-refractivity contribution in [3.05, 3.63) is 34.3 Å². The van der Waals surface area contributed by atoms with Crippen molar-refractivity contribution in [2.75, 3.05) is 6.54 Å². The average Bonchev–Trinajstić information content (AvgIpc) is 2.10. The molecule has 1 N–H and O–H groups in total. The smallest absolute Gasteiger partial charge is 0.0435 e. The fraction of sp³-hybridized carbons (Fsp3) is 0.455. The molecule has 0 radical (unpaired) electrons. The van der Waals surface area contributed by atoms with Gasteiger partial charge in [0, 0.05) is 23.5 Å². The summed E-state index contributed by atoms with van der Waals surface area (Å²) in [5, 5.41) is 4.26. The molecule has 0 bridgehead atoms. The van der Waals surface area contributed by atoms with Crippen LogP contribution in [0.3, 0.4) is 0 Å². The Labute approximate surface area is 95.4 Å². The number of hydrogen-bond acceptors (Lipinski definition) is 1. The van der Waals surface area contributed by atoms with Crippen LogP contribution in [0.2, 0.25) is 5.02 Å². The largest absolute Gasteiger partial charge is 0.311 e. The maximum absolute atomic E-state index is 5.92. The van der Waals surface area contributed by atoms with E-state index in [0.29, 0.717) is 0 Å². The lowest BCUT2D eigenvalue weighted by Crippen LogP contribution is -2.20. The normalized spacial score (nSPS) is 12.9. The first-order valence-corrected chi connectivity index (χ1v) is 5.51. The molecule has 3 heteroatoms. The van der Waals surface area contributed by atoms with E-state index in [1.165, 1.54) is 5.56 Å². The SMILES string of the molecule is Cc1cc(CNCC(C)Cl)ccc1Cl. The van der Waals surface area contributed by atoms with Crippen molar-refractivity contribution in [2.24, 2.45) is 0 Å². The second-order valence-corrected chi connectivity index (χ2v) is 4.65. The summed E-state index contributed by atoms with van der Waals surface area (Å²) >= 11 is 11.7. The van der Waals surface area contributed by atoms with Gasteiger partial charge in [0.2, 0.25) is 0 Å². The summed E-state index contributed by atoms with van der Waals surface area (Å²) in [6.45, 7) is 5.65. The number of rotatable bonds is 4. The van der Waals surface area contributed by atoms with E-state index in [2.05, 4.69) is 11.4 Å². The minimum Gasteiger partial charge on any atom is -0.311 e. The highest BCUT2D eigenvalue weighted by Gasteiger charge is 1.98. The molecule has 0 heterocycles. The van der Waals surface area contributed by atoms with Crippen LogP contribution in [0.25, 0.3) is 0 Å². The Balaban J connectivity index is 2.47. The van der Waals surface area contributed by atoms with Crippen LogP contribution < -0.4 is 5.32 Å². The molecule has 0 saturated carbocycles. The molecule has 0 aromatic heterocycles. The number of nitrogens with one attached hydrogen (secondary N) is 1. The minimum absolute atomic E-state index is 0.170. The molecule has 1 atom stereocenters. The van der Waals surface area contributed by atoms with Crippen molar-refractivity contribution in [3.63, 3.8) is 0 Å². The number of aryl methyl sites for hydroxylation is 1. The zero-order valence-electron chi connectivity index (χ0n) is 8.48. The molecule has 0 aliphatic rings. The highest BCUT2D eigenvalue weighted by Crippen LogP contribution is 2.15. The molecule has 78 valence electrons. The summed E-state index contributed by atoms with van der Waals surface area (Å²) in [6, 6.07) is 6.05. The predicted molar refractivity (Wildman–Crippen MR) is 63.2 cm³/mol. The van der Waals surface area contributed by atoms with Gasteiger partial charge in [-0.05, 0) is 31.0 Å². The molecule has 0 spiro atoms. The van der Waals surface area contributed by atoms with E-state index in [9.17, 15) is 0 Å². The summed E-state index contributed by atoms with van der Waals surface area (Å²) in [4.78, 5) is 0. The molecule has 1 nitrogen and oxygen atoms in total. The van der Waals surface area contributed by atoms with E-state index in [0.717, 1.165) is 23.7 Å². The lowest BCUT2D eigenvalue weighted by Gasteiger charge is -2.07. The average molecular weight is 232 g/mol. The molecule has 1 rings (SSSR count). The summed E-state index contributed by atoms with van der Waals surface area (Å²) in [6.07, 6.45) is 0. The Morgan fingerprint density at radius 3 is 2.71 bits per heavy atom. The van der Waals surface area contributed by atoms with Gasteiger partial charge in [0.1, 0.15) is 0 Å². The van der Waals surface area contributed by atoms with E-state index in [4.69, 9.17) is 23.2 Å². The van der Waals surface area contributed by atoms with Crippen molar-refractivity contribution in [1.29, 1.82) is 0 Å². The summed E-state index contributed by atoms with van der Waals surface area (Å²) in [5.74, 6) is 0. The molecule has 0 fully saturated rings. The molecular weight excluding hydrogens is 217 g/mol. The van der Waals surface area contributed by atoms with Gasteiger partial charge in [0.15, 0.2) is 0 Å². The van der Waals surface area contributed by atoms with E-state index in [1.807, 2.05) is 26.0 Å². The van der Waals surface area contributed by atoms with Crippen LogP contribution in [0.1, 0.15) is 18.1 Å². The highest BCUT2D eigenvalue weighted by molar-refractivity contribution is 6.31. The van der Waals surface area contributed by atoms with Crippen molar-refractivity contribution < 1.29 is 0 Å². The van der Waals surface area contributed by atoms with Crippen molar-refractivity contribution in [1.82, 2.24) is 5.32 Å². The van der Waals surface area contributed by atoms with E-state index in [-0.39, 0.29) is 5.38 Å². The molecule has 1 aromatic carbocycles. The van der Waals surface area contributed by atoms with Crippen LogP contribution in [-0.2, 0) is 6.54 Å². The fourth-order valence-electron chi connectivity index (χ4n) is 1.23. The highest BCUT2D eigenvalue weighted by atomic mass is 35.5. The number of hydrogen-bond donors (Lipinski definition) is 1. The number of halogens is 2. The lowest BCUT2D eigenvalue weighted by molar-refractivity contribution is 0.680. The number of benzene rings is 1. The lowest BCUT2D eigenvalue weighted by atomic mass is 10.1. The topological polar surface area (TPSA) is 12.0 Å². The third-order valence-corrected chi connectivity index (χ3v) is 2.56. The van der Waals surface area contributed by atoms with Gasteiger partial charge in [-0.15, -0.1) is 11.6 Å². The first kappa shape index (κ1) is 11.8. The van der Waals surface area contributed by atoms with E-state index < -0.39 is 0 Å². The Hall–Kier alpha value is -0.240. The van der Waals surface area contributed by atoms with Crippen LogP contribution in [0.4, 0.5) is 0 Å². The van der Waals surface area contributed by atoms with E-state index in [1.54, 1.807) is 0 Å². The quantitative estimate of drug-likeness (QED) is 0.785. The van der Waals surface area contributed by atoms with Crippen LogP contribution in [0.5, 0.6) is 0 Å². The Kier molecular flexibility index (Phi) is 4.73. The molecular formula is C11H15Cl2N. The van der Waals surface area contributed by atoms with Crippen molar-refractivity contribution in [2.45, 2.75) is 25.8 Å². The second kappa shape index (κ2) is 5.59. The summed E-state index contributed by atoms with van der Waals surface area (Å²) in [7, 11) is 0. The maximum atomic E-state index is 5.92. The zero-order chi connectivity index (χ0) is 10.6. The number of alkyl halides is 1. The predicted octanol–water partition coefficient (Wildman–Crippen LogP) is 3.37. The molecule has 0 saturated heterocycles. The van der Waals surface area contributed by atoms with Crippen molar-refractivity contribution >= 4 is 23.2 Å². The maximum Gasteiger partial charge on any atom is 0.0435 e. The van der Waals surface area contributed by atoms with Crippen molar-refractivity contribution in [3.8, 4) is 0 Å². The molecule has 1 aromatic rings. The van der Waals surface area contributed by atoms with Gasteiger partial charge in [0.25, 0.3) is 0 Å². The first-order valence-electron chi connectivity index (χ1n) is 4.69. The molecule has 0 aliphatic carbocycles. The Morgan fingerprint density at radius 1 is 1.43 bits per heavy atom. The van der Waals surface area contributed by atoms with Crippen LogP contribution in [0, 0.1) is 6.92 Å². The monoisotopic (exact) mass is 231 g/mol. The van der Waals surface area contributed by atoms with Gasteiger partial charge in [-0.1, -0.05) is 23.7 Å². The zero-order valence-corrected chi connectivity index (χ0v) is 9.99. The molecule has 0 amide bonds. The van der Waals surface area contributed by atoms with Crippen LogP contribution >= 0.6 is 23.2 Å². The summed E-state index contributed by atoms with van der Waals surface area (Å²) < 4.78 is 0. The Bertz CT molecular complexity index is 297. The second-order valence-electron chi connectivity index (χ2n) is 3.50. The third kappa shape index (κ3) is 3.87. The molecule has 0 aliphatic heterocycles. The first-order chi connectivity index (χ1) is 6.59. The van der Waals surface area contributed by atoms with E-state index >= 15 is 0 Å². The Morgan fingerprint density at radius 2 is 2.14 bits per heavy atom. The molecule has 1 unspecified atom stereocenters. The van der Waals surface area contributed by atoms with Crippen LogP contribution in [0.15, 0.2) is 18.2 Å². The van der Waals surface area contributed by atoms with Gasteiger partial charge < -0.3 is 5.32 Å². The summed E-state index contributed by atoms with van der Waals surface area (Å²) in [5.41, 5.74) is 2.36. The fourth-order valence-corrected chi connectivity index (χ4v) is 1.46. The van der Waals surface area contributed by atoms with Gasteiger partial charge in [-0.3, -0.25) is 0 Å². The minimum atomic E-state index is 0.170. The van der Waals surface area contributed by atoms with Gasteiger partial charge >= 0.3 is 0 Å². The van der Waals surface area contributed by atoms with Gasteiger partial charge in [0.05, 0.1) is 0 Å². The van der Waals surface area contributed by atoms with Gasteiger partial charge in [-0.2, -0.15) is 0 Å². The van der Waals surface area contributed by atoms with Crippen LogP contribution in [-0.4, -0.2) is 11.9 Å².